The SMILES string of the molecule is CCN=S(=O)(NC(=O)Nc1c(C(C)C)cccc1C(C)C)c1ccc(C)cc1. The predicted octanol–water partition coefficient (Wildman–Crippen LogP) is 5.83. The number of aryl methyl sites for hydroxylation is 1. The van der Waals surface area contributed by atoms with Gasteiger partial charge >= 0.3 is 6.03 Å². The van der Waals surface area contributed by atoms with Crippen LogP contribution in [-0.2, 0) is 9.92 Å². The Hall–Kier alpha value is -2.34. The molecule has 2 aromatic rings. The van der Waals surface area contributed by atoms with E-state index in [2.05, 4.69) is 42.1 Å². The quantitative estimate of drug-likeness (QED) is 0.640. The van der Waals surface area contributed by atoms with Gasteiger partial charge in [-0.2, -0.15) is 0 Å². The number of amides is 2. The summed E-state index contributed by atoms with van der Waals surface area (Å²) in [6.07, 6.45) is 0. The fourth-order valence-electron chi connectivity index (χ4n) is 3.03. The average Bonchev–Trinajstić information content (AvgIpc) is 2.61. The van der Waals surface area contributed by atoms with E-state index < -0.39 is 15.9 Å². The number of para-hydroxylation sites is 1. The lowest BCUT2D eigenvalue weighted by Crippen LogP contribution is -2.35. The summed E-state index contributed by atoms with van der Waals surface area (Å²) in [7, 11) is -3.06. The van der Waals surface area contributed by atoms with Crippen molar-refractivity contribution >= 4 is 21.6 Å². The first-order valence-corrected chi connectivity index (χ1v) is 11.2. The average molecular weight is 402 g/mol. The van der Waals surface area contributed by atoms with Crippen LogP contribution in [0, 0.1) is 6.92 Å². The number of carbonyl (C=O) groups excluding carboxylic acids is 1. The van der Waals surface area contributed by atoms with Crippen molar-refractivity contribution in [2.45, 2.75) is 58.3 Å². The van der Waals surface area contributed by atoms with Crippen LogP contribution in [0.2, 0.25) is 0 Å². The molecule has 0 aliphatic rings. The van der Waals surface area contributed by atoms with Crippen molar-refractivity contribution < 1.29 is 9.00 Å². The summed E-state index contributed by atoms with van der Waals surface area (Å²) in [5.41, 5.74) is 3.94. The number of nitrogens with zero attached hydrogens (tertiary/aromatic N) is 1. The Morgan fingerprint density at radius 2 is 1.54 bits per heavy atom. The highest BCUT2D eigenvalue weighted by Gasteiger charge is 2.20. The summed E-state index contributed by atoms with van der Waals surface area (Å²) in [5, 5.41) is 2.95. The van der Waals surface area contributed by atoms with Crippen molar-refractivity contribution in [2.75, 3.05) is 11.9 Å². The maximum atomic E-state index is 13.4. The van der Waals surface area contributed by atoms with Gasteiger partial charge in [-0.05, 0) is 48.9 Å². The standard InChI is InChI=1S/C22H31N3O2S/c1-7-23-28(27,18-13-11-17(6)12-14-18)25-22(26)24-21-19(15(2)3)9-8-10-20(21)16(4)5/h8-16H,7H2,1-6H3,(H2,23,24,25,26,27). The molecule has 0 fully saturated rings. The second-order valence-corrected chi connectivity index (χ2v) is 9.45. The Morgan fingerprint density at radius 3 is 2.00 bits per heavy atom. The molecule has 1 unspecified atom stereocenters. The second-order valence-electron chi connectivity index (χ2n) is 7.46. The number of hydrogen-bond donors (Lipinski definition) is 2. The molecule has 0 spiro atoms. The van der Waals surface area contributed by atoms with Gasteiger partial charge in [0.05, 0.1) is 4.90 Å². The van der Waals surface area contributed by atoms with Gasteiger partial charge < -0.3 is 5.32 Å². The number of benzene rings is 2. The number of carbonyl (C=O) groups is 1. The Labute approximate surface area is 169 Å². The van der Waals surface area contributed by atoms with Gasteiger partial charge in [0.2, 0.25) is 0 Å². The first-order valence-electron chi connectivity index (χ1n) is 9.69. The molecular formula is C22H31N3O2S. The van der Waals surface area contributed by atoms with Crippen LogP contribution in [0.5, 0.6) is 0 Å². The van der Waals surface area contributed by atoms with E-state index in [1.165, 1.54) is 0 Å². The van der Waals surface area contributed by atoms with Gasteiger partial charge in [0.25, 0.3) is 0 Å². The Morgan fingerprint density at radius 1 is 1.00 bits per heavy atom. The molecule has 0 aliphatic heterocycles. The third-order valence-corrected chi connectivity index (χ3v) is 6.49. The van der Waals surface area contributed by atoms with E-state index in [-0.39, 0.29) is 11.8 Å². The molecule has 6 heteroatoms. The molecular weight excluding hydrogens is 370 g/mol. The summed E-state index contributed by atoms with van der Waals surface area (Å²) in [5.74, 6) is 0.492. The molecule has 5 nitrogen and oxygen atoms in total. The molecule has 2 aromatic carbocycles. The van der Waals surface area contributed by atoms with Crippen LogP contribution in [0.25, 0.3) is 0 Å². The van der Waals surface area contributed by atoms with Crippen LogP contribution in [0.1, 0.15) is 63.1 Å². The molecule has 0 saturated heterocycles. The summed E-state index contributed by atoms with van der Waals surface area (Å²) >= 11 is 0. The number of urea groups is 1. The minimum atomic E-state index is -3.06. The monoisotopic (exact) mass is 401 g/mol. The topological polar surface area (TPSA) is 70.6 Å². The summed E-state index contributed by atoms with van der Waals surface area (Å²) in [4.78, 5) is 13.3. The van der Waals surface area contributed by atoms with Crippen molar-refractivity contribution in [3.8, 4) is 0 Å². The summed E-state index contributed by atoms with van der Waals surface area (Å²) < 4.78 is 20.2. The molecule has 0 radical (unpaired) electrons. The van der Waals surface area contributed by atoms with E-state index in [0.717, 1.165) is 22.4 Å². The van der Waals surface area contributed by atoms with Gasteiger partial charge in [-0.3, -0.25) is 0 Å². The minimum Gasteiger partial charge on any atom is -0.307 e. The zero-order valence-electron chi connectivity index (χ0n) is 17.6. The lowest BCUT2D eigenvalue weighted by molar-refractivity contribution is 0.256. The molecule has 2 N–H and O–H groups in total. The van der Waals surface area contributed by atoms with Crippen LogP contribution in [0.15, 0.2) is 51.7 Å². The zero-order valence-corrected chi connectivity index (χ0v) is 18.4. The van der Waals surface area contributed by atoms with E-state index >= 15 is 0 Å². The van der Waals surface area contributed by atoms with Gasteiger partial charge in [-0.25, -0.2) is 18.1 Å². The fraction of sp³-hybridized carbons (Fsp3) is 0.409. The molecule has 0 aromatic heterocycles. The fourth-order valence-corrected chi connectivity index (χ4v) is 4.53. The minimum absolute atomic E-state index is 0.246. The molecule has 0 heterocycles. The second kappa shape index (κ2) is 9.24. The zero-order chi connectivity index (χ0) is 20.9. The lowest BCUT2D eigenvalue weighted by Gasteiger charge is -2.21. The first kappa shape index (κ1) is 22.0. The summed E-state index contributed by atoms with van der Waals surface area (Å²) in [6, 6.07) is 12.8. The van der Waals surface area contributed by atoms with E-state index in [1.807, 2.05) is 37.3 Å². The summed E-state index contributed by atoms with van der Waals surface area (Å²) in [6.45, 7) is 12.5. The van der Waals surface area contributed by atoms with Crippen LogP contribution < -0.4 is 10.0 Å². The maximum Gasteiger partial charge on any atom is 0.331 e. The smallest absolute Gasteiger partial charge is 0.307 e. The highest BCUT2D eigenvalue weighted by atomic mass is 32.2. The first-order chi connectivity index (χ1) is 13.2. The molecule has 2 rings (SSSR count). The predicted molar refractivity (Wildman–Crippen MR) is 117 cm³/mol. The van der Waals surface area contributed by atoms with Crippen LogP contribution in [-0.4, -0.2) is 16.8 Å². The van der Waals surface area contributed by atoms with Crippen molar-refractivity contribution in [2.24, 2.45) is 4.36 Å². The molecule has 2 amide bonds. The van der Waals surface area contributed by atoms with Gasteiger partial charge in [0, 0.05) is 12.2 Å². The van der Waals surface area contributed by atoms with Crippen LogP contribution in [0.3, 0.4) is 0 Å². The van der Waals surface area contributed by atoms with Gasteiger partial charge in [0.1, 0.15) is 0 Å². The number of hydrogen-bond acceptors (Lipinski definition) is 3. The molecule has 0 bridgehead atoms. The maximum absolute atomic E-state index is 13.4. The molecule has 0 aliphatic carbocycles. The van der Waals surface area contributed by atoms with Crippen molar-refractivity contribution in [3.63, 3.8) is 0 Å². The third kappa shape index (κ3) is 5.13. The molecule has 0 saturated carbocycles. The highest BCUT2D eigenvalue weighted by Crippen LogP contribution is 2.32. The lowest BCUT2D eigenvalue weighted by atomic mass is 9.93. The highest BCUT2D eigenvalue weighted by molar-refractivity contribution is 7.92. The van der Waals surface area contributed by atoms with Gasteiger partial charge in [0.15, 0.2) is 9.92 Å². The van der Waals surface area contributed by atoms with Gasteiger partial charge in [-0.15, -0.1) is 0 Å². The third-order valence-electron chi connectivity index (χ3n) is 4.49. The van der Waals surface area contributed by atoms with E-state index in [0.29, 0.717) is 11.4 Å². The van der Waals surface area contributed by atoms with Crippen LogP contribution >= 0.6 is 0 Å². The van der Waals surface area contributed by atoms with Crippen molar-refractivity contribution in [1.82, 2.24) is 4.72 Å². The molecule has 1 atom stereocenters. The Bertz CT molecular complexity index is 915. The largest absolute Gasteiger partial charge is 0.331 e. The van der Waals surface area contributed by atoms with Crippen molar-refractivity contribution in [1.29, 1.82) is 0 Å². The normalized spacial score (nSPS) is 13.3. The van der Waals surface area contributed by atoms with Gasteiger partial charge in [-0.1, -0.05) is 63.6 Å². The number of rotatable bonds is 6. The number of anilines is 1. The van der Waals surface area contributed by atoms with E-state index in [9.17, 15) is 9.00 Å². The van der Waals surface area contributed by atoms with E-state index in [4.69, 9.17) is 0 Å². The Balaban J connectivity index is 2.38. The van der Waals surface area contributed by atoms with Crippen LogP contribution in [0.4, 0.5) is 10.5 Å². The van der Waals surface area contributed by atoms with E-state index in [1.54, 1.807) is 19.1 Å². The van der Waals surface area contributed by atoms with Crippen molar-refractivity contribution in [3.05, 3.63) is 59.2 Å². The Kier molecular flexibility index (Phi) is 7.24. The molecule has 28 heavy (non-hydrogen) atoms. The number of nitrogens with one attached hydrogen (secondary N) is 2. The molecule has 152 valence electrons.